The number of unbranched alkanes of at least 4 members (excludes halogenated alkanes) is 3. The lowest BCUT2D eigenvalue weighted by molar-refractivity contribution is 0.00704. The Bertz CT molecular complexity index is 2000. The van der Waals surface area contributed by atoms with Crippen LogP contribution in [0.2, 0.25) is 0 Å². The molecule has 0 fully saturated rings. The van der Waals surface area contributed by atoms with E-state index in [1.807, 2.05) is 63.4 Å². The molecule has 47 heavy (non-hydrogen) atoms. The maximum Gasteiger partial charge on any atom is 0.339 e. The number of esters is 1. The normalized spacial score (nSPS) is 11.9. The predicted molar refractivity (Wildman–Crippen MR) is 191 cm³/mol. The quantitative estimate of drug-likeness (QED) is 0.0998. The number of ether oxygens (including phenoxy) is 1. The van der Waals surface area contributed by atoms with Crippen molar-refractivity contribution >= 4 is 28.2 Å². The third kappa shape index (κ3) is 7.14. The third-order valence-corrected chi connectivity index (χ3v) is 8.45. The van der Waals surface area contributed by atoms with E-state index in [-0.39, 0.29) is 5.97 Å². The van der Waals surface area contributed by atoms with Crippen LogP contribution in [0.4, 0.5) is 0 Å². The molecule has 0 aliphatic heterocycles. The molecule has 0 radical (unpaired) electrons. The van der Waals surface area contributed by atoms with Crippen LogP contribution >= 0.6 is 0 Å². The van der Waals surface area contributed by atoms with Gasteiger partial charge < -0.3 is 13.9 Å². The molecule has 0 aliphatic rings. The number of fused-ring (bicyclic) bond motifs is 2. The Labute approximate surface area is 277 Å². The van der Waals surface area contributed by atoms with Crippen molar-refractivity contribution in [1.29, 1.82) is 0 Å². The van der Waals surface area contributed by atoms with Crippen LogP contribution < -0.4 is 0 Å². The molecule has 0 aliphatic carbocycles. The van der Waals surface area contributed by atoms with Crippen LogP contribution in [0.15, 0.2) is 85.1 Å². The topological polar surface area (TPSA) is 74.8 Å². The van der Waals surface area contributed by atoms with Crippen molar-refractivity contribution in [2.75, 3.05) is 0 Å². The second-order valence-corrected chi connectivity index (χ2v) is 13.3. The summed E-state index contributed by atoms with van der Waals surface area (Å²) in [6.07, 6.45) is 8.49. The van der Waals surface area contributed by atoms with Gasteiger partial charge in [0.05, 0.1) is 16.6 Å². The molecule has 3 aromatic heterocycles. The first-order valence-electron chi connectivity index (χ1n) is 17.0. The van der Waals surface area contributed by atoms with Gasteiger partial charge in [0.2, 0.25) is 0 Å². The van der Waals surface area contributed by atoms with Crippen molar-refractivity contribution in [3.05, 3.63) is 102 Å². The number of hydrogen-bond acceptors (Lipinski definition) is 5. The highest BCUT2D eigenvalue weighted by molar-refractivity contribution is 5.97. The molecule has 0 amide bonds. The van der Waals surface area contributed by atoms with Crippen LogP contribution in [0, 0.1) is 0 Å². The summed E-state index contributed by atoms with van der Waals surface area (Å²) in [6, 6.07) is 26.7. The fraction of sp³-hybridized carbons (Fsp3) is 0.350. The van der Waals surface area contributed by atoms with Crippen molar-refractivity contribution in [2.24, 2.45) is 0 Å². The van der Waals surface area contributed by atoms with Gasteiger partial charge in [0.15, 0.2) is 5.65 Å². The Morgan fingerprint density at radius 2 is 1.57 bits per heavy atom. The first-order chi connectivity index (χ1) is 22.8. The maximum atomic E-state index is 13.0. The van der Waals surface area contributed by atoms with Gasteiger partial charge in [-0.05, 0) is 86.7 Å². The lowest BCUT2D eigenvalue weighted by Gasteiger charge is -2.20. The minimum Gasteiger partial charge on any atom is -0.456 e. The Hall–Kier alpha value is -4.78. The van der Waals surface area contributed by atoms with Gasteiger partial charge in [-0.2, -0.15) is 0 Å². The number of rotatable bonds is 12. The molecule has 7 nitrogen and oxygen atoms in total. The minimum atomic E-state index is -0.560. The number of imidazole rings is 2. The summed E-state index contributed by atoms with van der Waals surface area (Å²) in [4.78, 5) is 27.8. The van der Waals surface area contributed by atoms with Gasteiger partial charge in [-0.25, -0.2) is 19.7 Å². The third-order valence-electron chi connectivity index (χ3n) is 8.45. The average molecular weight is 628 g/mol. The standard InChI is InChI=1S/C40H45N5O2/c1-6-8-9-12-25-44-37(43-34-17-13-24-41-38(34)44)30-22-23-33-35(26-30)45(36(42-33)14-7-2)27-28-18-20-29(21-19-28)31-15-10-11-16-32(31)39(46)47-40(3,4)5/h10-11,13,15-24,26H,6-9,12,14,25,27H2,1-5H3. The van der Waals surface area contributed by atoms with Gasteiger partial charge in [0.1, 0.15) is 22.8 Å². The highest BCUT2D eigenvalue weighted by Crippen LogP contribution is 2.30. The van der Waals surface area contributed by atoms with Gasteiger partial charge in [-0.3, -0.25) is 0 Å². The number of benzene rings is 3. The van der Waals surface area contributed by atoms with E-state index < -0.39 is 5.60 Å². The molecule has 0 saturated heterocycles. The second kappa shape index (κ2) is 13.9. The first-order valence-corrected chi connectivity index (χ1v) is 17.0. The van der Waals surface area contributed by atoms with Crippen LogP contribution in [0.3, 0.4) is 0 Å². The zero-order valence-electron chi connectivity index (χ0n) is 28.3. The molecule has 0 N–H and O–H groups in total. The van der Waals surface area contributed by atoms with Gasteiger partial charge in [0.25, 0.3) is 0 Å². The maximum absolute atomic E-state index is 13.0. The van der Waals surface area contributed by atoms with E-state index >= 15 is 0 Å². The van der Waals surface area contributed by atoms with Gasteiger partial charge >= 0.3 is 5.97 Å². The molecule has 0 atom stereocenters. The number of carbonyl (C=O) groups excluding carboxylic acids is 1. The number of aryl methyl sites for hydroxylation is 2. The Morgan fingerprint density at radius 3 is 2.34 bits per heavy atom. The van der Waals surface area contributed by atoms with Crippen LogP contribution in [-0.4, -0.2) is 35.7 Å². The van der Waals surface area contributed by atoms with Gasteiger partial charge in [0, 0.05) is 31.3 Å². The van der Waals surface area contributed by atoms with E-state index in [9.17, 15) is 4.79 Å². The van der Waals surface area contributed by atoms with E-state index in [1.165, 1.54) is 19.3 Å². The molecule has 0 bridgehead atoms. The first kappa shape index (κ1) is 32.2. The molecule has 6 rings (SSSR count). The van der Waals surface area contributed by atoms with Crippen molar-refractivity contribution in [3.63, 3.8) is 0 Å². The zero-order chi connectivity index (χ0) is 33.0. The predicted octanol–water partition coefficient (Wildman–Crippen LogP) is 9.65. The highest BCUT2D eigenvalue weighted by Gasteiger charge is 2.21. The molecule has 0 unspecified atom stereocenters. The molecule has 6 aromatic rings. The minimum absolute atomic E-state index is 0.313. The molecule has 0 saturated carbocycles. The Morgan fingerprint density at radius 1 is 0.787 bits per heavy atom. The fourth-order valence-corrected chi connectivity index (χ4v) is 6.21. The van der Waals surface area contributed by atoms with E-state index in [4.69, 9.17) is 19.7 Å². The molecule has 7 heteroatoms. The summed E-state index contributed by atoms with van der Waals surface area (Å²) in [5.41, 5.74) is 8.04. The molecule has 242 valence electrons. The SMILES string of the molecule is CCCCCCn1c(-c2ccc3nc(CCC)n(Cc4ccc(-c5ccccc5C(=O)OC(C)(C)C)cc4)c3c2)nc2cccnc21. The van der Waals surface area contributed by atoms with E-state index in [1.54, 1.807) is 0 Å². The van der Waals surface area contributed by atoms with E-state index in [0.29, 0.717) is 12.1 Å². The zero-order valence-corrected chi connectivity index (χ0v) is 28.3. The summed E-state index contributed by atoms with van der Waals surface area (Å²) >= 11 is 0. The smallest absolute Gasteiger partial charge is 0.339 e. The molecule has 3 heterocycles. The molecular formula is C40H45N5O2. The number of aromatic nitrogens is 5. The summed E-state index contributed by atoms with van der Waals surface area (Å²) < 4.78 is 10.3. The monoisotopic (exact) mass is 627 g/mol. The Kier molecular flexibility index (Phi) is 9.53. The van der Waals surface area contributed by atoms with Crippen LogP contribution in [0.5, 0.6) is 0 Å². The molecule has 3 aromatic carbocycles. The summed E-state index contributed by atoms with van der Waals surface area (Å²) in [7, 11) is 0. The van der Waals surface area contributed by atoms with Crippen molar-refractivity contribution in [3.8, 4) is 22.5 Å². The van der Waals surface area contributed by atoms with Crippen molar-refractivity contribution < 1.29 is 9.53 Å². The van der Waals surface area contributed by atoms with Gasteiger partial charge in [-0.15, -0.1) is 0 Å². The van der Waals surface area contributed by atoms with Crippen LogP contribution in [0.1, 0.15) is 88.5 Å². The van der Waals surface area contributed by atoms with E-state index in [2.05, 4.69) is 65.4 Å². The summed E-state index contributed by atoms with van der Waals surface area (Å²) in [6.45, 7) is 11.7. The van der Waals surface area contributed by atoms with Crippen LogP contribution in [-0.2, 0) is 24.2 Å². The Balaban J connectivity index is 1.34. The van der Waals surface area contributed by atoms with Crippen molar-refractivity contribution in [1.82, 2.24) is 24.1 Å². The lowest BCUT2D eigenvalue weighted by Crippen LogP contribution is -2.24. The number of carbonyl (C=O) groups is 1. The number of nitrogens with zero attached hydrogens (tertiary/aromatic N) is 5. The van der Waals surface area contributed by atoms with Gasteiger partial charge in [-0.1, -0.05) is 75.6 Å². The van der Waals surface area contributed by atoms with E-state index in [0.717, 1.165) is 81.9 Å². The average Bonchev–Trinajstić information content (AvgIpc) is 3.60. The number of hydrogen-bond donors (Lipinski definition) is 0. The number of pyridine rings is 1. The summed E-state index contributed by atoms with van der Waals surface area (Å²) in [5, 5.41) is 0. The highest BCUT2D eigenvalue weighted by atomic mass is 16.6. The molecule has 0 spiro atoms. The summed E-state index contributed by atoms with van der Waals surface area (Å²) in [5.74, 6) is 1.72. The van der Waals surface area contributed by atoms with Crippen LogP contribution in [0.25, 0.3) is 44.7 Å². The van der Waals surface area contributed by atoms with Crippen molar-refractivity contribution in [2.45, 2.75) is 91.8 Å². The largest absolute Gasteiger partial charge is 0.456 e. The molecular weight excluding hydrogens is 582 g/mol. The second-order valence-electron chi connectivity index (χ2n) is 13.3. The fourth-order valence-electron chi connectivity index (χ4n) is 6.21. The lowest BCUT2D eigenvalue weighted by atomic mass is 9.98.